The minimum absolute atomic E-state index is 0.0880. The summed E-state index contributed by atoms with van der Waals surface area (Å²) in [6.07, 6.45) is 5.56. The fourth-order valence-corrected chi connectivity index (χ4v) is 3.60. The van der Waals surface area contributed by atoms with E-state index < -0.39 is 5.82 Å². The molecule has 2 aliphatic rings. The predicted octanol–water partition coefficient (Wildman–Crippen LogP) is 2.46. The standard InChI is InChI=1S/C18H22FN3O2/c19-17-4-1-7-20-18(17)24-16-12-21-8-2-3-15(21)11-22(13-16)14-5-9-23-10-6-14/h1-4,7-8,14,16H,5-6,9-13H2/t16-/m0/s1. The van der Waals surface area contributed by atoms with Crippen LogP contribution in [0.1, 0.15) is 18.5 Å². The molecule has 0 aromatic carbocycles. The second kappa shape index (κ2) is 6.91. The minimum Gasteiger partial charge on any atom is -0.469 e. The van der Waals surface area contributed by atoms with Crippen LogP contribution in [0.2, 0.25) is 0 Å². The van der Waals surface area contributed by atoms with Gasteiger partial charge in [0.2, 0.25) is 0 Å². The quantitative estimate of drug-likeness (QED) is 0.866. The van der Waals surface area contributed by atoms with Crippen LogP contribution in [-0.4, -0.2) is 46.4 Å². The summed E-state index contributed by atoms with van der Waals surface area (Å²) in [7, 11) is 0. The van der Waals surface area contributed by atoms with E-state index >= 15 is 0 Å². The van der Waals surface area contributed by atoms with Crippen LogP contribution >= 0.6 is 0 Å². The molecule has 1 atom stereocenters. The van der Waals surface area contributed by atoms with Crippen molar-refractivity contribution in [2.45, 2.75) is 38.1 Å². The lowest BCUT2D eigenvalue weighted by Gasteiger charge is -2.34. The van der Waals surface area contributed by atoms with Gasteiger partial charge in [-0.2, -0.15) is 0 Å². The van der Waals surface area contributed by atoms with Crippen LogP contribution in [0.4, 0.5) is 4.39 Å². The normalized spacial score (nSPS) is 22.8. The fraction of sp³-hybridized carbons (Fsp3) is 0.500. The summed E-state index contributed by atoms with van der Waals surface area (Å²) in [6.45, 7) is 3.98. The third-order valence-corrected chi connectivity index (χ3v) is 4.84. The summed E-state index contributed by atoms with van der Waals surface area (Å²) < 4.78 is 27.5. The number of ether oxygens (including phenoxy) is 2. The molecular weight excluding hydrogens is 309 g/mol. The van der Waals surface area contributed by atoms with Gasteiger partial charge >= 0.3 is 0 Å². The molecule has 4 rings (SSSR count). The Morgan fingerprint density at radius 2 is 2.04 bits per heavy atom. The third-order valence-electron chi connectivity index (χ3n) is 4.84. The molecule has 1 saturated heterocycles. The molecule has 6 heteroatoms. The zero-order valence-electron chi connectivity index (χ0n) is 13.6. The summed E-state index contributed by atoms with van der Waals surface area (Å²) in [6, 6.07) is 7.65. The van der Waals surface area contributed by atoms with Crippen molar-refractivity contribution in [3.63, 3.8) is 0 Å². The highest BCUT2D eigenvalue weighted by molar-refractivity contribution is 5.14. The molecule has 0 saturated carbocycles. The number of halogens is 1. The molecule has 2 aliphatic heterocycles. The van der Waals surface area contributed by atoms with E-state index in [9.17, 15) is 4.39 Å². The Balaban J connectivity index is 1.56. The van der Waals surface area contributed by atoms with Crippen molar-refractivity contribution in [3.8, 4) is 5.88 Å². The van der Waals surface area contributed by atoms with Gasteiger partial charge in [-0.15, -0.1) is 0 Å². The van der Waals surface area contributed by atoms with E-state index in [2.05, 4.69) is 32.8 Å². The Bertz CT molecular complexity index is 684. The summed E-state index contributed by atoms with van der Waals surface area (Å²) in [5, 5.41) is 0. The molecule has 0 unspecified atom stereocenters. The number of nitrogens with zero attached hydrogens (tertiary/aromatic N) is 3. The molecule has 1 fully saturated rings. The fourth-order valence-electron chi connectivity index (χ4n) is 3.60. The number of hydrogen-bond donors (Lipinski definition) is 0. The van der Waals surface area contributed by atoms with Crippen LogP contribution in [0.25, 0.3) is 0 Å². The predicted molar refractivity (Wildman–Crippen MR) is 87.3 cm³/mol. The number of hydrogen-bond acceptors (Lipinski definition) is 4. The molecule has 5 nitrogen and oxygen atoms in total. The van der Waals surface area contributed by atoms with Gasteiger partial charge in [-0.1, -0.05) is 0 Å². The van der Waals surface area contributed by atoms with Crippen LogP contribution in [0.3, 0.4) is 0 Å². The molecule has 0 aliphatic carbocycles. The van der Waals surface area contributed by atoms with E-state index in [-0.39, 0.29) is 12.0 Å². The van der Waals surface area contributed by atoms with E-state index in [1.54, 1.807) is 12.3 Å². The molecule has 0 radical (unpaired) electrons. The van der Waals surface area contributed by atoms with Gasteiger partial charge in [-0.3, -0.25) is 4.90 Å². The third kappa shape index (κ3) is 3.30. The summed E-state index contributed by atoms with van der Waals surface area (Å²) in [5.74, 6) is -0.322. The highest BCUT2D eigenvalue weighted by Crippen LogP contribution is 2.23. The zero-order valence-corrected chi connectivity index (χ0v) is 13.6. The smallest absolute Gasteiger partial charge is 0.250 e. The van der Waals surface area contributed by atoms with E-state index in [0.29, 0.717) is 12.6 Å². The van der Waals surface area contributed by atoms with Crippen molar-refractivity contribution >= 4 is 0 Å². The van der Waals surface area contributed by atoms with Crippen molar-refractivity contribution in [3.05, 3.63) is 48.2 Å². The topological polar surface area (TPSA) is 39.5 Å². The maximum Gasteiger partial charge on any atom is 0.250 e. The maximum absolute atomic E-state index is 13.9. The number of rotatable bonds is 3. The molecule has 0 bridgehead atoms. The first-order valence-electron chi connectivity index (χ1n) is 8.52. The van der Waals surface area contributed by atoms with Crippen LogP contribution in [0, 0.1) is 5.82 Å². The average Bonchev–Trinajstić information content (AvgIpc) is 2.96. The summed E-state index contributed by atoms with van der Waals surface area (Å²) >= 11 is 0. The lowest BCUT2D eigenvalue weighted by Crippen LogP contribution is -2.43. The second-order valence-electron chi connectivity index (χ2n) is 6.46. The maximum atomic E-state index is 13.9. The van der Waals surface area contributed by atoms with E-state index in [1.807, 2.05) is 0 Å². The van der Waals surface area contributed by atoms with Gasteiger partial charge in [-0.25, -0.2) is 9.37 Å². The van der Waals surface area contributed by atoms with E-state index in [0.717, 1.165) is 39.1 Å². The van der Waals surface area contributed by atoms with Crippen molar-refractivity contribution in [1.29, 1.82) is 0 Å². The Labute approximate surface area is 141 Å². The number of aromatic nitrogens is 2. The lowest BCUT2D eigenvalue weighted by atomic mass is 10.1. The van der Waals surface area contributed by atoms with Gasteiger partial charge in [0, 0.05) is 50.4 Å². The largest absolute Gasteiger partial charge is 0.469 e. The number of fused-ring (bicyclic) bond motifs is 1. The molecule has 2 aromatic rings. The Hall–Kier alpha value is -1.92. The molecule has 0 spiro atoms. The molecule has 2 aromatic heterocycles. The van der Waals surface area contributed by atoms with Gasteiger partial charge < -0.3 is 14.0 Å². The summed E-state index contributed by atoms with van der Waals surface area (Å²) in [5.41, 5.74) is 1.27. The molecule has 0 N–H and O–H groups in total. The highest BCUT2D eigenvalue weighted by atomic mass is 19.1. The van der Waals surface area contributed by atoms with Gasteiger partial charge in [0.1, 0.15) is 6.10 Å². The van der Waals surface area contributed by atoms with Gasteiger partial charge in [-0.05, 0) is 37.1 Å². The second-order valence-corrected chi connectivity index (χ2v) is 6.46. The van der Waals surface area contributed by atoms with Gasteiger partial charge in [0.05, 0.1) is 6.54 Å². The van der Waals surface area contributed by atoms with Gasteiger partial charge in [0.15, 0.2) is 5.82 Å². The first kappa shape index (κ1) is 15.6. The Morgan fingerprint density at radius 1 is 1.17 bits per heavy atom. The van der Waals surface area contributed by atoms with E-state index in [1.165, 1.54) is 11.8 Å². The average molecular weight is 331 g/mol. The van der Waals surface area contributed by atoms with Crippen molar-refractivity contribution < 1.29 is 13.9 Å². The summed E-state index contributed by atoms with van der Waals surface area (Å²) in [4.78, 5) is 6.49. The molecule has 4 heterocycles. The molecule has 0 amide bonds. The zero-order chi connectivity index (χ0) is 16.4. The molecular formula is C18H22FN3O2. The molecule has 24 heavy (non-hydrogen) atoms. The minimum atomic E-state index is -0.410. The monoisotopic (exact) mass is 331 g/mol. The SMILES string of the molecule is Fc1cccnc1O[C@@H]1CN(C2CCOCC2)Cc2cccn2C1. The molecule has 128 valence electrons. The number of pyridine rings is 1. The van der Waals surface area contributed by atoms with Crippen LogP contribution in [0.15, 0.2) is 36.7 Å². The Morgan fingerprint density at radius 3 is 2.88 bits per heavy atom. The van der Waals surface area contributed by atoms with Crippen LogP contribution in [0.5, 0.6) is 5.88 Å². The van der Waals surface area contributed by atoms with Crippen molar-refractivity contribution in [2.24, 2.45) is 0 Å². The van der Waals surface area contributed by atoms with Crippen LogP contribution in [-0.2, 0) is 17.8 Å². The first-order chi connectivity index (χ1) is 11.8. The Kier molecular flexibility index (Phi) is 4.49. The first-order valence-corrected chi connectivity index (χ1v) is 8.52. The van der Waals surface area contributed by atoms with Crippen LogP contribution < -0.4 is 4.74 Å². The van der Waals surface area contributed by atoms with E-state index in [4.69, 9.17) is 9.47 Å². The van der Waals surface area contributed by atoms with Gasteiger partial charge in [0.25, 0.3) is 5.88 Å². The van der Waals surface area contributed by atoms with Crippen molar-refractivity contribution in [1.82, 2.24) is 14.5 Å². The van der Waals surface area contributed by atoms with Crippen molar-refractivity contribution in [2.75, 3.05) is 19.8 Å². The highest BCUT2D eigenvalue weighted by Gasteiger charge is 2.29. The lowest BCUT2D eigenvalue weighted by molar-refractivity contribution is 0.0161.